The molecule has 0 radical (unpaired) electrons. The molecule has 3 amide bonds. The summed E-state index contributed by atoms with van der Waals surface area (Å²) in [5.74, 6) is -1.54. The van der Waals surface area contributed by atoms with Crippen molar-refractivity contribution < 1.29 is 27.9 Å². The zero-order chi connectivity index (χ0) is 30.5. The van der Waals surface area contributed by atoms with Crippen LogP contribution in [0, 0.1) is 17.2 Å². The summed E-state index contributed by atoms with van der Waals surface area (Å²) in [5.41, 5.74) is 1.55. The Morgan fingerprint density at radius 1 is 1.19 bits per heavy atom. The third kappa shape index (κ3) is 6.62. The number of aromatic nitrogens is 1. The predicted molar refractivity (Wildman–Crippen MR) is 154 cm³/mol. The van der Waals surface area contributed by atoms with Crippen LogP contribution in [0.1, 0.15) is 48.2 Å². The van der Waals surface area contributed by atoms with Gasteiger partial charge in [-0.15, -0.1) is 0 Å². The minimum atomic E-state index is -3.03. The molecule has 5 atom stereocenters. The molecule has 12 heteroatoms. The smallest absolute Gasteiger partial charge is 0.387 e. The van der Waals surface area contributed by atoms with E-state index in [1.54, 1.807) is 12.1 Å². The van der Waals surface area contributed by atoms with Crippen molar-refractivity contribution in [2.45, 2.75) is 56.8 Å². The van der Waals surface area contributed by atoms with E-state index in [0.717, 1.165) is 5.56 Å². The Bertz CT molecular complexity index is 1510. The number of amides is 3. The molecule has 2 aliphatic rings. The molecule has 43 heavy (non-hydrogen) atoms. The number of likely N-dealkylation sites (N-methyl/N-ethyl adjacent to an activating group) is 1. The highest BCUT2D eigenvalue weighted by Gasteiger charge is 2.42. The number of halogens is 2. The first-order valence-corrected chi connectivity index (χ1v) is 14.4. The molecule has 3 heterocycles. The van der Waals surface area contributed by atoms with Gasteiger partial charge < -0.3 is 30.6 Å². The van der Waals surface area contributed by atoms with Gasteiger partial charge in [0.05, 0.1) is 12.1 Å². The van der Waals surface area contributed by atoms with Gasteiger partial charge in [0.15, 0.2) is 0 Å². The first-order valence-electron chi connectivity index (χ1n) is 14.4. The van der Waals surface area contributed by atoms with Crippen LogP contribution in [0.2, 0.25) is 0 Å². The van der Waals surface area contributed by atoms with E-state index < -0.39 is 36.6 Å². The molecule has 5 rings (SSSR count). The second-order valence-electron chi connectivity index (χ2n) is 10.9. The number of aromatic amines is 1. The summed E-state index contributed by atoms with van der Waals surface area (Å²) in [4.78, 5) is 44.7. The zero-order valence-electron chi connectivity index (χ0n) is 23.7. The van der Waals surface area contributed by atoms with Crippen molar-refractivity contribution in [3.8, 4) is 11.8 Å². The van der Waals surface area contributed by atoms with Crippen LogP contribution < -0.4 is 20.7 Å². The third-order valence-corrected chi connectivity index (χ3v) is 8.20. The van der Waals surface area contributed by atoms with Gasteiger partial charge in [-0.1, -0.05) is 43.3 Å². The summed E-state index contributed by atoms with van der Waals surface area (Å²) in [7, 11) is 0. The van der Waals surface area contributed by atoms with Crippen molar-refractivity contribution in [2.24, 2.45) is 5.92 Å². The number of hydrogen-bond donors (Lipinski definition) is 4. The van der Waals surface area contributed by atoms with Gasteiger partial charge >= 0.3 is 6.61 Å². The third-order valence-electron chi connectivity index (χ3n) is 8.20. The van der Waals surface area contributed by atoms with Crippen LogP contribution in [0.15, 0.2) is 54.6 Å². The van der Waals surface area contributed by atoms with Crippen LogP contribution in [-0.2, 0) is 9.59 Å². The fourth-order valence-corrected chi connectivity index (χ4v) is 6.10. The first kappa shape index (κ1) is 30.0. The highest BCUT2D eigenvalue weighted by Crippen LogP contribution is 2.35. The predicted octanol–water partition coefficient (Wildman–Crippen LogP) is 3.28. The summed E-state index contributed by atoms with van der Waals surface area (Å²) in [6.07, 6.45) is 1.23. The molecular formula is C31H34F2N6O4. The molecule has 2 aliphatic heterocycles. The van der Waals surface area contributed by atoms with Gasteiger partial charge in [0.1, 0.15) is 23.5 Å². The fourth-order valence-electron chi connectivity index (χ4n) is 6.10. The highest BCUT2D eigenvalue weighted by atomic mass is 19.3. The molecule has 226 valence electrons. The minimum absolute atomic E-state index is 0.0644. The normalized spacial score (nSPS) is 21.4. The van der Waals surface area contributed by atoms with E-state index in [2.05, 4.69) is 31.7 Å². The molecule has 4 N–H and O–H groups in total. The van der Waals surface area contributed by atoms with Gasteiger partial charge in [-0.2, -0.15) is 14.0 Å². The van der Waals surface area contributed by atoms with Gasteiger partial charge in [0, 0.05) is 35.8 Å². The number of fused-ring (bicyclic) bond motifs is 1. The summed E-state index contributed by atoms with van der Waals surface area (Å²) in [6, 6.07) is 15.6. The minimum Gasteiger partial charge on any atom is -0.434 e. The van der Waals surface area contributed by atoms with Gasteiger partial charge in [-0.05, 0) is 49.6 Å². The fraction of sp³-hybridized carbons (Fsp3) is 0.419. The van der Waals surface area contributed by atoms with E-state index in [9.17, 15) is 28.4 Å². The van der Waals surface area contributed by atoms with Crippen LogP contribution in [0.4, 0.5) is 8.78 Å². The number of nitrogens with zero attached hydrogens (tertiary/aromatic N) is 2. The van der Waals surface area contributed by atoms with Crippen LogP contribution in [0.3, 0.4) is 0 Å². The number of alkyl halides is 2. The molecule has 2 unspecified atom stereocenters. The summed E-state index contributed by atoms with van der Waals surface area (Å²) < 4.78 is 30.6. The Labute approximate surface area is 247 Å². The van der Waals surface area contributed by atoms with Crippen LogP contribution in [0.5, 0.6) is 5.75 Å². The lowest BCUT2D eigenvalue weighted by Gasteiger charge is -2.29. The maximum absolute atomic E-state index is 13.9. The van der Waals surface area contributed by atoms with Gasteiger partial charge in [-0.3, -0.25) is 14.4 Å². The van der Waals surface area contributed by atoms with E-state index in [-0.39, 0.29) is 42.2 Å². The molecule has 10 nitrogen and oxygen atoms in total. The number of likely N-dealkylation sites (tertiary alicyclic amines) is 1. The summed E-state index contributed by atoms with van der Waals surface area (Å²) in [5, 5.41) is 19.1. The molecule has 0 aliphatic carbocycles. The number of benzene rings is 2. The standard InChI is InChI=1S/C31H34F2N6O4/c1-2-35-25(16-34)23(13-19-11-12-36-28(19)40)38-29(41)26-14-20(18-7-4-3-5-8-18)17-39(26)30(42)24-15-21-22(37-24)9-6-10-27(21)43-31(32)33/h3-10,15,19-20,23,25-26,31,35,37H,2,11-14,17H2,1H3,(H,36,40)(H,38,41)/t19-,20?,23-,25?,26-/m0/s1. The summed E-state index contributed by atoms with van der Waals surface area (Å²) >= 11 is 0. The van der Waals surface area contributed by atoms with Gasteiger partial charge in [0.25, 0.3) is 5.91 Å². The quantitative estimate of drug-likeness (QED) is 0.270. The molecule has 2 fully saturated rings. The SMILES string of the molecule is CCNC(C#N)[C@H](C[C@@H]1CCNC1=O)NC(=O)[C@@H]1CC(c2ccccc2)CN1C(=O)c1cc2c(OC(F)F)cccc2[nH]1. The Hall–Kier alpha value is -4.50. The molecule has 1 aromatic heterocycles. The lowest BCUT2D eigenvalue weighted by molar-refractivity contribution is -0.127. The number of rotatable bonds is 11. The molecule has 3 aromatic rings. The number of nitriles is 1. The Balaban J connectivity index is 1.44. The number of nitrogens with one attached hydrogen (secondary N) is 4. The van der Waals surface area contributed by atoms with E-state index >= 15 is 0 Å². The van der Waals surface area contributed by atoms with E-state index in [1.807, 2.05) is 37.3 Å². The monoisotopic (exact) mass is 592 g/mol. The van der Waals surface area contributed by atoms with Gasteiger partial charge in [-0.25, -0.2) is 0 Å². The van der Waals surface area contributed by atoms with Crippen molar-refractivity contribution in [3.63, 3.8) is 0 Å². The number of carbonyl (C=O) groups is 3. The molecule has 0 bridgehead atoms. The molecule has 0 saturated carbocycles. The zero-order valence-corrected chi connectivity index (χ0v) is 23.7. The number of carbonyl (C=O) groups excluding carboxylic acids is 3. The molecule has 0 spiro atoms. The topological polar surface area (TPSA) is 139 Å². The molecule has 2 saturated heterocycles. The Morgan fingerprint density at radius 2 is 1.98 bits per heavy atom. The van der Waals surface area contributed by atoms with Crippen molar-refractivity contribution >= 4 is 28.6 Å². The van der Waals surface area contributed by atoms with E-state index in [0.29, 0.717) is 36.8 Å². The van der Waals surface area contributed by atoms with Crippen molar-refractivity contribution in [1.29, 1.82) is 5.26 Å². The lowest BCUT2D eigenvalue weighted by Crippen LogP contribution is -2.55. The van der Waals surface area contributed by atoms with E-state index in [4.69, 9.17) is 0 Å². The maximum atomic E-state index is 13.9. The Kier molecular flexibility index (Phi) is 9.21. The van der Waals surface area contributed by atoms with Crippen molar-refractivity contribution in [3.05, 3.63) is 65.9 Å². The van der Waals surface area contributed by atoms with Gasteiger partial charge in [0.2, 0.25) is 11.8 Å². The second-order valence-corrected chi connectivity index (χ2v) is 10.9. The average Bonchev–Trinajstić information content (AvgIpc) is 3.74. The number of H-pyrrole nitrogens is 1. The molecule has 2 aromatic carbocycles. The average molecular weight is 593 g/mol. The maximum Gasteiger partial charge on any atom is 0.387 e. The van der Waals surface area contributed by atoms with Crippen LogP contribution in [0.25, 0.3) is 10.9 Å². The number of hydrogen-bond acceptors (Lipinski definition) is 6. The van der Waals surface area contributed by atoms with Crippen LogP contribution >= 0.6 is 0 Å². The highest BCUT2D eigenvalue weighted by molar-refractivity contribution is 6.02. The summed E-state index contributed by atoms with van der Waals surface area (Å²) in [6.45, 7) is 0.108. The second kappa shape index (κ2) is 13.2. The van der Waals surface area contributed by atoms with Crippen LogP contribution in [-0.4, -0.2) is 72.0 Å². The lowest BCUT2D eigenvalue weighted by atomic mass is 9.93. The van der Waals surface area contributed by atoms with E-state index in [1.165, 1.54) is 17.0 Å². The van der Waals surface area contributed by atoms with Crippen molar-refractivity contribution in [1.82, 2.24) is 25.8 Å². The largest absolute Gasteiger partial charge is 0.434 e. The molecular weight excluding hydrogens is 558 g/mol. The number of ether oxygens (including phenoxy) is 1. The Morgan fingerprint density at radius 3 is 2.65 bits per heavy atom. The van der Waals surface area contributed by atoms with Crippen molar-refractivity contribution in [2.75, 3.05) is 19.6 Å². The first-order chi connectivity index (χ1) is 20.8.